The molecule has 1 N–H and O–H groups in total. The Kier molecular flexibility index (Phi) is 7.73. The van der Waals surface area contributed by atoms with E-state index in [-0.39, 0.29) is 13.0 Å². The molecule has 1 aliphatic carbocycles. The highest BCUT2D eigenvalue weighted by Crippen LogP contribution is 2.25. The number of hydrogen-bond donors (Lipinski definition) is 1. The highest BCUT2D eigenvalue weighted by molar-refractivity contribution is 5.68. The van der Waals surface area contributed by atoms with Crippen LogP contribution in [0.25, 0.3) is 0 Å². The Balaban J connectivity index is 1.75. The molecule has 0 aliphatic heterocycles. The normalized spacial score (nSPS) is 16.8. The number of ether oxygens (including phenoxy) is 2. The average Bonchev–Trinajstić information content (AvgIpc) is 2.58. The highest BCUT2D eigenvalue weighted by atomic mass is 19.1. The molecule has 0 aromatic heterocycles. The maximum Gasteiger partial charge on any atom is 0.407 e. The summed E-state index contributed by atoms with van der Waals surface area (Å²) in [5.74, 6) is 1.42. The smallest absolute Gasteiger partial charge is 0.407 e. The standard InChI is InChI=1S/C21H32FNO3/c1-21(2,3)23-20(24)26-15-18(22)12-17-10-7-11-19(13-17)25-14-16-8-5-4-6-9-16/h7,10-11,13,16,18H,4-6,8-9,12,14-15H2,1-3H3,(H,23,24). The van der Waals surface area contributed by atoms with Crippen LogP contribution in [0.1, 0.15) is 58.4 Å². The molecule has 1 aromatic carbocycles. The molecule has 1 aliphatic rings. The molecule has 26 heavy (non-hydrogen) atoms. The fourth-order valence-corrected chi connectivity index (χ4v) is 3.15. The Morgan fingerprint density at radius 3 is 2.69 bits per heavy atom. The number of halogens is 1. The van der Waals surface area contributed by atoms with Crippen LogP contribution in [0.4, 0.5) is 9.18 Å². The van der Waals surface area contributed by atoms with Crippen molar-refractivity contribution in [3.8, 4) is 5.75 Å². The summed E-state index contributed by atoms with van der Waals surface area (Å²) in [7, 11) is 0. The lowest BCUT2D eigenvalue weighted by atomic mass is 9.90. The van der Waals surface area contributed by atoms with Gasteiger partial charge < -0.3 is 14.8 Å². The minimum absolute atomic E-state index is 0.198. The number of carbonyl (C=O) groups excluding carboxylic acids is 1. The van der Waals surface area contributed by atoms with Gasteiger partial charge >= 0.3 is 6.09 Å². The van der Waals surface area contributed by atoms with Gasteiger partial charge in [-0.3, -0.25) is 0 Å². The van der Waals surface area contributed by atoms with Crippen molar-refractivity contribution in [3.63, 3.8) is 0 Å². The molecule has 0 saturated heterocycles. The van der Waals surface area contributed by atoms with E-state index in [4.69, 9.17) is 9.47 Å². The number of nitrogens with one attached hydrogen (secondary N) is 1. The molecule has 1 saturated carbocycles. The van der Waals surface area contributed by atoms with E-state index in [1.807, 2.05) is 45.0 Å². The summed E-state index contributed by atoms with van der Waals surface area (Å²) in [4.78, 5) is 11.6. The molecule has 0 spiro atoms. The van der Waals surface area contributed by atoms with Gasteiger partial charge in [-0.05, 0) is 57.2 Å². The summed E-state index contributed by atoms with van der Waals surface area (Å²) < 4.78 is 25.0. The number of benzene rings is 1. The van der Waals surface area contributed by atoms with Crippen molar-refractivity contribution in [1.29, 1.82) is 0 Å². The van der Waals surface area contributed by atoms with Crippen molar-refractivity contribution >= 4 is 6.09 Å². The predicted molar refractivity (Wildman–Crippen MR) is 101 cm³/mol. The predicted octanol–water partition coefficient (Wildman–Crippen LogP) is 5.05. The lowest BCUT2D eigenvalue weighted by Gasteiger charge is -2.22. The zero-order chi connectivity index (χ0) is 19.0. The van der Waals surface area contributed by atoms with Gasteiger partial charge in [-0.25, -0.2) is 9.18 Å². The van der Waals surface area contributed by atoms with Crippen LogP contribution in [-0.2, 0) is 11.2 Å². The fraction of sp³-hybridized carbons (Fsp3) is 0.667. The van der Waals surface area contributed by atoms with Crippen molar-refractivity contribution in [1.82, 2.24) is 5.32 Å². The van der Waals surface area contributed by atoms with Gasteiger partial charge in [-0.2, -0.15) is 0 Å². The molecule has 4 nitrogen and oxygen atoms in total. The second kappa shape index (κ2) is 9.79. The Bertz CT molecular complexity index is 565. The summed E-state index contributed by atoms with van der Waals surface area (Å²) >= 11 is 0. The lowest BCUT2D eigenvalue weighted by Crippen LogP contribution is -2.41. The summed E-state index contributed by atoms with van der Waals surface area (Å²) in [6, 6.07) is 7.54. The minimum atomic E-state index is -1.24. The van der Waals surface area contributed by atoms with E-state index in [9.17, 15) is 9.18 Å². The van der Waals surface area contributed by atoms with E-state index in [1.54, 1.807) is 0 Å². The van der Waals surface area contributed by atoms with Gasteiger partial charge in [0.05, 0.1) is 6.61 Å². The van der Waals surface area contributed by atoms with Gasteiger partial charge in [0.25, 0.3) is 0 Å². The van der Waals surface area contributed by atoms with Gasteiger partial charge in [0.1, 0.15) is 18.5 Å². The second-order valence-corrected chi connectivity index (χ2v) is 8.24. The zero-order valence-corrected chi connectivity index (χ0v) is 16.2. The Hall–Kier alpha value is -1.78. The average molecular weight is 365 g/mol. The van der Waals surface area contributed by atoms with Crippen LogP contribution >= 0.6 is 0 Å². The topological polar surface area (TPSA) is 47.6 Å². The molecule has 0 heterocycles. The van der Waals surface area contributed by atoms with Crippen LogP contribution in [0.2, 0.25) is 0 Å². The molecule has 1 aromatic rings. The molecule has 1 unspecified atom stereocenters. The summed E-state index contributed by atoms with van der Waals surface area (Å²) in [5, 5.41) is 2.65. The van der Waals surface area contributed by atoms with Crippen molar-refractivity contribution in [3.05, 3.63) is 29.8 Å². The fourth-order valence-electron chi connectivity index (χ4n) is 3.15. The third-order valence-corrected chi connectivity index (χ3v) is 4.44. The van der Waals surface area contributed by atoms with Crippen LogP contribution < -0.4 is 10.1 Å². The van der Waals surface area contributed by atoms with E-state index in [0.717, 1.165) is 17.9 Å². The van der Waals surface area contributed by atoms with Crippen molar-refractivity contribution in [2.45, 2.75) is 71.0 Å². The summed E-state index contributed by atoms with van der Waals surface area (Å²) in [5.41, 5.74) is 0.450. The van der Waals surface area contributed by atoms with Gasteiger partial charge in [0, 0.05) is 12.0 Å². The Labute approximate surface area is 156 Å². The molecule has 146 valence electrons. The maximum absolute atomic E-state index is 14.1. The first-order valence-electron chi connectivity index (χ1n) is 9.62. The third kappa shape index (κ3) is 8.07. The SMILES string of the molecule is CC(C)(C)NC(=O)OCC(F)Cc1cccc(OCC2CCCCC2)c1. The van der Waals surface area contributed by atoms with E-state index in [1.165, 1.54) is 32.1 Å². The maximum atomic E-state index is 14.1. The van der Waals surface area contributed by atoms with Gasteiger partial charge in [-0.1, -0.05) is 31.4 Å². The molecule has 1 fully saturated rings. The number of alkyl carbamates (subject to hydrolysis) is 1. The first-order chi connectivity index (χ1) is 12.3. The lowest BCUT2D eigenvalue weighted by molar-refractivity contribution is 0.105. The number of alkyl halides is 1. The molecular weight excluding hydrogens is 333 g/mol. The van der Waals surface area contributed by atoms with E-state index < -0.39 is 17.8 Å². The molecular formula is C21H32FNO3. The van der Waals surface area contributed by atoms with E-state index in [2.05, 4.69) is 5.32 Å². The Morgan fingerprint density at radius 1 is 1.27 bits per heavy atom. The minimum Gasteiger partial charge on any atom is -0.493 e. The van der Waals surface area contributed by atoms with E-state index in [0.29, 0.717) is 5.92 Å². The van der Waals surface area contributed by atoms with Crippen molar-refractivity contribution in [2.24, 2.45) is 5.92 Å². The monoisotopic (exact) mass is 365 g/mol. The molecule has 5 heteroatoms. The number of hydrogen-bond acceptors (Lipinski definition) is 3. The summed E-state index contributed by atoms with van der Waals surface area (Å²) in [6.45, 7) is 6.02. The number of rotatable bonds is 7. The van der Waals surface area contributed by atoms with Crippen LogP contribution in [0, 0.1) is 5.92 Å². The second-order valence-electron chi connectivity index (χ2n) is 8.24. The molecule has 0 radical (unpaired) electrons. The number of amides is 1. The first-order valence-corrected chi connectivity index (χ1v) is 9.62. The van der Waals surface area contributed by atoms with E-state index >= 15 is 0 Å². The molecule has 1 atom stereocenters. The third-order valence-electron chi connectivity index (χ3n) is 4.44. The molecule has 2 rings (SSSR count). The van der Waals surface area contributed by atoms with Gasteiger partial charge in [-0.15, -0.1) is 0 Å². The highest BCUT2D eigenvalue weighted by Gasteiger charge is 2.17. The molecule has 0 bridgehead atoms. The first kappa shape index (κ1) is 20.5. The largest absolute Gasteiger partial charge is 0.493 e. The van der Waals surface area contributed by atoms with Crippen molar-refractivity contribution < 1.29 is 18.7 Å². The molecule has 1 amide bonds. The van der Waals surface area contributed by atoms with Crippen LogP contribution in [0.5, 0.6) is 5.75 Å². The van der Waals surface area contributed by atoms with Crippen molar-refractivity contribution in [2.75, 3.05) is 13.2 Å². The Morgan fingerprint density at radius 2 is 2.00 bits per heavy atom. The number of carbonyl (C=O) groups is 1. The van der Waals surface area contributed by atoms with Crippen LogP contribution in [0.3, 0.4) is 0 Å². The quantitative estimate of drug-likeness (QED) is 0.735. The van der Waals surface area contributed by atoms with Gasteiger partial charge in [0.2, 0.25) is 0 Å². The summed E-state index contributed by atoms with van der Waals surface area (Å²) in [6.07, 6.45) is 4.75. The van der Waals surface area contributed by atoms with Gasteiger partial charge in [0.15, 0.2) is 0 Å². The zero-order valence-electron chi connectivity index (χ0n) is 16.2. The van der Waals surface area contributed by atoms with Crippen LogP contribution in [-0.4, -0.2) is 31.0 Å². The van der Waals surface area contributed by atoms with Crippen LogP contribution in [0.15, 0.2) is 24.3 Å².